The fourth-order valence-electron chi connectivity index (χ4n) is 2.15. The van der Waals surface area contributed by atoms with Gasteiger partial charge in [-0.2, -0.15) is 0 Å². The molecular weight excluding hydrogens is 184 g/mol. The van der Waals surface area contributed by atoms with Crippen molar-refractivity contribution in [3.8, 4) is 0 Å². The number of nitrogens with two attached hydrogens (primary N) is 1. The molecule has 0 amide bonds. The van der Waals surface area contributed by atoms with E-state index in [2.05, 4.69) is 37.0 Å². The molecular formula is C13H18N2. The van der Waals surface area contributed by atoms with Crippen LogP contribution in [0.15, 0.2) is 18.2 Å². The van der Waals surface area contributed by atoms with Crippen LogP contribution in [-0.2, 0) is 6.42 Å². The Kier molecular flexibility index (Phi) is 2.78. The molecule has 2 nitrogen and oxygen atoms in total. The summed E-state index contributed by atoms with van der Waals surface area (Å²) in [5, 5.41) is 1.36. The molecule has 0 spiro atoms. The lowest BCUT2D eigenvalue weighted by atomic mass is 10.0. The van der Waals surface area contributed by atoms with E-state index in [1.165, 1.54) is 27.7 Å². The number of nitrogens with one attached hydrogen (secondary N) is 1. The van der Waals surface area contributed by atoms with Gasteiger partial charge in [-0.1, -0.05) is 18.2 Å². The van der Waals surface area contributed by atoms with E-state index in [-0.39, 0.29) is 0 Å². The molecule has 1 aromatic carbocycles. The Balaban J connectivity index is 2.53. The number of aryl methyl sites for hydroxylation is 3. The molecule has 1 aromatic heterocycles. The Hall–Kier alpha value is -1.28. The fourth-order valence-corrected chi connectivity index (χ4v) is 2.15. The number of aromatic nitrogens is 1. The maximum absolute atomic E-state index is 5.56. The fraction of sp³-hybridized carbons (Fsp3) is 0.385. The largest absolute Gasteiger partial charge is 0.358 e. The first-order chi connectivity index (χ1) is 7.24. The second-order valence-corrected chi connectivity index (χ2v) is 4.12. The number of para-hydroxylation sites is 1. The van der Waals surface area contributed by atoms with Crippen molar-refractivity contribution >= 4 is 10.9 Å². The highest BCUT2D eigenvalue weighted by Gasteiger charge is 2.08. The lowest BCUT2D eigenvalue weighted by Crippen LogP contribution is -2.00. The van der Waals surface area contributed by atoms with Crippen molar-refractivity contribution in [3.63, 3.8) is 0 Å². The van der Waals surface area contributed by atoms with E-state index in [0.717, 1.165) is 19.4 Å². The number of hydrogen-bond acceptors (Lipinski definition) is 1. The second kappa shape index (κ2) is 4.07. The predicted octanol–water partition coefficient (Wildman–Crippen LogP) is 2.68. The van der Waals surface area contributed by atoms with Crippen LogP contribution in [-0.4, -0.2) is 11.5 Å². The van der Waals surface area contributed by atoms with Gasteiger partial charge < -0.3 is 10.7 Å². The summed E-state index contributed by atoms with van der Waals surface area (Å²) in [5.74, 6) is 0. The molecule has 0 bridgehead atoms. The highest BCUT2D eigenvalue weighted by Crippen LogP contribution is 2.25. The highest BCUT2D eigenvalue weighted by atomic mass is 14.7. The molecule has 0 atom stereocenters. The zero-order valence-corrected chi connectivity index (χ0v) is 9.43. The van der Waals surface area contributed by atoms with Crippen molar-refractivity contribution in [1.29, 1.82) is 0 Å². The first-order valence-electron chi connectivity index (χ1n) is 5.51. The van der Waals surface area contributed by atoms with Crippen LogP contribution in [0.2, 0.25) is 0 Å². The van der Waals surface area contributed by atoms with Gasteiger partial charge >= 0.3 is 0 Å². The van der Waals surface area contributed by atoms with E-state index in [9.17, 15) is 0 Å². The van der Waals surface area contributed by atoms with Gasteiger partial charge in [-0.25, -0.2) is 0 Å². The molecule has 0 saturated carbocycles. The van der Waals surface area contributed by atoms with Crippen LogP contribution in [0, 0.1) is 13.8 Å². The van der Waals surface area contributed by atoms with Gasteiger partial charge in [0.1, 0.15) is 0 Å². The van der Waals surface area contributed by atoms with E-state index in [4.69, 9.17) is 5.73 Å². The normalized spacial score (nSPS) is 11.1. The molecule has 2 rings (SSSR count). The lowest BCUT2D eigenvalue weighted by molar-refractivity contribution is 0.831. The molecule has 3 N–H and O–H groups in total. The SMILES string of the molecule is Cc1[nH]c2c(C)cccc2c1CCCN. The molecule has 80 valence electrons. The van der Waals surface area contributed by atoms with E-state index in [1.807, 2.05) is 0 Å². The quantitative estimate of drug-likeness (QED) is 0.789. The van der Waals surface area contributed by atoms with Crippen molar-refractivity contribution in [2.24, 2.45) is 5.73 Å². The van der Waals surface area contributed by atoms with Gasteiger partial charge in [0.05, 0.1) is 0 Å². The third kappa shape index (κ3) is 1.77. The zero-order chi connectivity index (χ0) is 10.8. The number of benzene rings is 1. The Bertz CT molecular complexity index is 469. The van der Waals surface area contributed by atoms with Crippen LogP contribution in [0.25, 0.3) is 10.9 Å². The zero-order valence-electron chi connectivity index (χ0n) is 9.43. The van der Waals surface area contributed by atoms with Gasteiger partial charge in [-0.15, -0.1) is 0 Å². The van der Waals surface area contributed by atoms with Crippen molar-refractivity contribution in [3.05, 3.63) is 35.0 Å². The van der Waals surface area contributed by atoms with E-state index < -0.39 is 0 Å². The van der Waals surface area contributed by atoms with Crippen LogP contribution in [0.4, 0.5) is 0 Å². The van der Waals surface area contributed by atoms with E-state index in [1.54, 1.807) is 0 Å². The predicted molar refractivity (Wildman–Crippen MR) is 65.1 cm³/mol. The Morgan fingerprint density at radius 1 is 1.27 bits per heavy atom. The summed E-state index contributed by atoms with van der Waals surface area (Å²) in [6, 6.07) is 6.46. The topological polar surface area (TPSA) is 41.8 Å². The molecule has 0 radical (unpaired) electrons. The first-order valence-corrected chi connectivity index (χ1v) is 5.51. The average molecular weight is 202 g/mol. The summed E-state index contributed by atoms with van der Waals surface area (Å²) in [5.41, 5.74) is 10.9. The highest BCUT2D eigenvalue weighted by molar-refractivity contribution is 5.87. The molecule has 0 saturated heterocycles. The minimum Gasteiger partial charge on any atom is -0.358 e. The van der Waals surface area contributed by atoms with Crippen molar-refractivity contribution in [2.75, 3.05) is 6.54 Å². The molecule has 2 aromatic rings. The smallest absolute Gasteiger partial charge is 0.0488 e. The minimum absolute atomic E-state index is 0.762. The summed E-state index contributed by atoms with van der Waals surface area (Å²) in [4.78, 5) is 3.46. The summed E-state index contributed by atoms with van der Waals surface area (Å²) in [6.07, 6.45) is 2.13. The van der Waals surface area contributed by atoms with Gasteiger partial charge in [0, 0.05) is 16.6 Å². The number of hydrogen-bond donors (Lipinski definition) is 2. The second-order valence-electron chi connectivity index (χ2n) is 4.12. The standard InChI is InChI=1S/C13H18N2/c1-9-5-3-6-12-11(7-4-8-14)10(2)15-13(9)12/h3,5-6,15H,4,7-8,14H2,1-2H3. The molecule has 2 heteroatoms. The van der Waals surface area contributed by atoms with Crippen LogP contribution >= 0.6 is 0 Å². The molecule has 0 aliphatic carbocycles. The third-order valence-corrected chi connectivity index (χ3v) is 2.99. The van der Waals surface area contributed by atoms with Gasteiger partial charge in [0.25, 0.3) is 0 Å². The molecule has 0 aliphatic heterocycles. The minimum atomic E-state index is 0.762. The summed E-state index contributed by atoms with van der Waals surface area (Å²) >= 11 is 0. The van der Waals surface area contributed by atoms with Crippen molar-refractivity contribution in [1.82, 2.24) is 4.98 Å². The average Bonchev–Trinajstić information content (AvgIpc) is 2.54. The summed E-state index contributed by atoms with van der Waals surface area (Å²) < 4.78 is 0. The van der Waals surface area contributed by atoms with E-state index in [0.29, 0.717) is 0 Å². The molecule has 0 unspecified atom stereocenters. The number of fused-ring (bicyclic) bond motifs is 1. The van der Waals surface area contributed by atoms with Gasteiger partial charge in [0.2, 0.25) is 0 Å². The van der Waals surface area contributed by atoms with Crippen LogP contribution in [0.5, 0.6) is 0 Å². The van der Waals surface area contributed by atoms with E-state index >= 15 is 0 Å². The van der Waals surface area contributed by atoms with Crippen molar-refractivity contribution in [2.45, 2.75) is 26.7 Å². The number of H-pyrrole nitrogens is 1. The van der Waals surface area contributed by atoms with Crippen LogP contribution in [0.3, 0.4) is 0 Å². The Morgan fingerprint density at radius 2 is 2.07 bits per heavy atom. The summed E-state index contributed by atoms with van der Waals surface area (Å²) in [7, 11) is 0. The van der Waals surface area contributed by atoms with Gasteiger partial charge in [-0.3, -0.25) is 0 Å². The molecule has 15 heavy (non-hydrogen) atoms. The van der Waals surface area contributed by atoms with Gasteiger partial charge in [-0.05, 0) is 44.4 Å². The monoisotopic (exact) mass is 202 g/mol. The third-order valence-electron chi connectivity index (χ3n) is 2.99. The van der Waals surface area contributed by atoms with Crippen LogP contribution < -0.4 is 5.73 Å². The lowest BCUT2D eigenvalue weighted by Gasteiger charge is -2.00. The maximum atomic E-state index is 5.56. The molecule has 0 fully saturated rings. The number of aromatic amines is 1. The maximum Gasteiger partial charge on any atom is 0.0488 e. The Labute approximate surface area is 90.5 Å². The van der Waals surface area contributed by atoms with Gasteiger partial charge in [0.15, 0.2) is 0 Å². The Morgan fingerprint density at radius 3 is 2.80 bits per heavy atom. The number of rotatable bonds is 3. The molecule has 0 aliphatic rings. The molecule has 1 heterocycles. The van der Waals surface area contributed by atoms with Crippen LogP contribution in [0.1, 0.15) is 23.2 Å². The summed E-state index contributed by atoms with van der Waals surface area (Å²) in [6.45, 7) is 5.05. The first kappa shape index (κ1) is 10.2. The van der Waals surface area contributed by atoms with Crippen molar-refractivity contribution < 1.29 is 0 Å².